The quantitative estimate of drug-likeness (QED) is 0.305. The smallest absolute Gasteiger partial charge is 0.253 e. The van der Waals surface area contributed by atoms with Gasteiger partial charge < -0.3 is 14.0 Å². The highest BCUT2D eigenvalue weighted by molar-refractivity contribution is 9.10. The van der Waals surface area contributed by atoms with Crippen molar-refractivity contribution in [1.82, 2.24) is 14.0 Å². The summed E-state index contributed by atoms with van der Waals surface area (Å²) in [6.07, 6.45) is 0.636. The van der Waals surface area contributed by atoms with Crippen LogP contribution in [0, 0.1) is 5.41 Å². The maximum absolute atomic E-state index is 12.9. The van der Waals surface area contributed by atoms with E-state index in [9.17, 15) is 9.59 Å². The van der Waals surface area contributed by atoms with Gasteiger partial charge in [0.15, 0.2) is 5.78 Å². The van der Waals surface area contributed by atoms with E-state index >= 15 is 0 Å². The van der Waals surface area contributed by atoms with Crippen LogP contribution in [0.5, 0.6) is 0 Å². The zero-order chi connectivity index (χ0) is 24.2. The summed E-state index contributed by atoms with van der Waals surface area (Å²) in [4.78, 5) is 27.2. The Morgan fingerprint density at radius 3 is 2.35 bits per heavy atom. The van der Waals surface area contributed by atoms with Crippen molar-refractivity contribution in [2.75, 3.05) is 13.6 Å². The molecule has 1 amide bonds. The molecule has 0 aliphatic rings. The molecule has 4 aromatic rings. The Bertz CT molecular complexity index is 1390. The van der Waals surface area contributed by atoms with Gasteiger partial charge in [0.05, 0.1) is 22.6 Å². The highest BCUT2D eigenvalue weighted by Gasteiger charge is 2.17. The molecule has 3 aromatic carbocycles. The van der Waals surface area contributed by atoms with E-state index in [1.54, 1.807) is 46.8 Å². The lowest BCUT2D eigenvalue weighted by atomic mass is 10.1. The SMILES string of the molecule is CN(CCCn1c(=N)n(CC(=O)c2ccc(Br)cc2)c2cccc(Cl)c21)C(=O)c1ccccc1. The van der Waals surface area contributed by atoms with Crippen LogP contribution in [0.4, 0.5) is 0 Å². The molecule has 1 heterocycles. The van der Waals surface area contributed by atoms with E-state index in [-0.39, 0.29) is 23.9 Å². The van der Waals surface area contributed by atoms with Crippen LogP contribution in [-0.4, -0.2) is 39.3 Å². The summed E-state index contributed by atoms with van der Waals surface area (Å²) < 4.78 is 4.40. The molecule has 0 spiro atoms. The van der Waals surface area contributed by atoms with Gasteiger partial charge in [-0.2, -0.15) is 0 Å². The molecule has 0 fully saturated rings. The number of halogens is 2. The summed E-state index contributed by atoms with van der Waals surface area (Å²) in [5, 5.41) is 9.32. The molecule has 1 aromatic heterocycles. The van der Waals surface area contributed by atoms with Gasteiger partial charge in [-0.05, 0) is 42.8 Å². The number of ketones is 1. The summed E-state index contributed by atoms with van der Waals surface area (Å²) >= 11 is 9.90. The molecule has 34 heavy (non-hydrogen) atoms. The number of Topliss-reactive ketones (excluding diaryl/α,β-unsaturated/α-hetero) is 1. The third-order valence-electron chi connectivity index (χ3n) is 5.75. The minimum atomic E-state index is -0.0850. The number of rotatable bonds is 8. The van der Waals surface area contributed by atoms with Gasteiger partial charge in [-0.15, -0.1) is 0 Å². The van der Waals surface area contributed by atoms with Crippen LogP contribution in [0.25, 0.3) is 11.0 Å². The van der Waals surface area contributed by atoms with Gasteiger partial charge >= 0.3 is 0 Å². The van der Waals surface area contributed by atoms with Gasteiger partial charge in [-0.25, -0.2) is 0 Å². The van der Waals surface area contributed by atoms with Crippen molar-refractivity contribution in [3.63, 3.8) is 0 Å². The minimum absolute atomic E-state index is 0.0384. The third-order valence-corrected chi connectivity index (χ3v) is 6.58. The predicted molar refractivity (Wildman–Crippen MR) is 137 cm³/mol. The molecule has 0 bridgehead atoms. The van der Waals surface area contributed by atoms with E-state index < -0.39 is 0 Å². The Kier molecular flexibility index (Phi) is 7.34. The number of imidazole rings is 1. The van der Waals surface area contributed by atoms with E-state index in [4.69, 9.17) is 17.0 Å². The molecule has 0 saturated carbocycles. The van der Waals surface area contributed by atoms with E-state index in [1.165, 1.54) is 0 Å². The lowest BCUT2D eigenvalue weighted by Crippen LogP contribution is -2.30. The van der Waals surface area contributed by atoms with Crippen LogP contribution in [0.1, 0.15) is 27.1 Å². The van der Waals surface area contributed by atoms with Crippen molar-refractivity contribution in [3.05, 3.63) is 99.0 Å². The lowest BCUT2D eigenvalue weighted by molar-refractivity contribution is 0.0791. The average Bonchev–Trinajstić information content (AvgIpc) is 3.11. The number of amides is 1. The molecule has 0 atom stereocenters. The van der Waals surface area contributed by atoms with Gasteiger partial charge in [0, 0.05) is 35.7 Å². The monoisotopic (exact) mass is 538 g/mol. The van der Waals surface area contributed by atoms with Gasteiger partial charge in [-0.3, -0.25) is 15.0 Å². The highest BCUT2D eigenvalue weighted by atomic mass is 79.9. The van der Waals surface area contributed by atoms with Crippen molar-refractivity contribution in [2.24, 2.45) is 0 Å². The van der Waals surface area contributed by atoms with E-state index in [2.05, 4.69) is 15.9 Å². The van der Waals surface area contributed by atoms with Gasteiger partial charge in [0.2, 0.25) is 5.62 Å². The fraction of sp³-hybridized carbons (Fsp3) is 0.192. The number of carbonyl (C=O) groups is 2. The van der Waals surface area contributed by atoms with Crippen molar-refractivity contribution >= 4 is 50.3 Å². The average molecular weight is 540 g/mol. The van der Waals surface area contributed by atoms with Crippen molar-refractivity contribution in [1.29, 1.82) is 5.41 Å². The summed E-state index contributed by atoms with van der Waals surface area (Å²) in [5.74, 6) is -0.129. The Morgan fingerprint density at radius 1 is 0.941 bits per heavy atom. The first-order chi connectivity index (χ1) is 16.4. The molecule has 4 rings (SSSR count). The molecule has 8 heteroatoms. The van der Waals surface area contributed by atoms with E-state index in [1.807, 2.05) is 47.0 Å². The van der Waals surface area contributed by atoms with Crippen LogP contribution in [0.15, 0.2) is 77.3 Å². The maximum atomic E-state index is 12.9. The molecule has 174 valence electrons. The van der Waals surface area contributed by atoms with Gasteiger partial charge in [0.25, 0.3) is 5.91 Å². The molecule has 1 N–H and O–H groups in total. The molecule has 0 radical (unpaired) electrons. The molecular weight excluding hydrogens is 516 g/mol. The maximum Gasteiger partial charge on any atom is 0.253 e. The molecule has 0 saturated heterocycles. The Balaban J connectivity index is 1.55. The zero-order valence-electron chi connectivity index (χ0n) is 18.7. The van der Waals surface area contributed by atoms with Gasteiger partial charge in [-0.1, -0.05) is 63.9 Å². The molecule has 0 unspecified atom stereocenters. The van der Waals surface area contributed by atoms with Crippen molar-refractivity contribution in [3.8, 4) is 0 Å². The standard InChI is InChI=1S/C26H24BrClN4O2/c1-30(25(34)19-7-3-2-4-8-19)15-6-16-31-24-21(28)9-5-10-22(24)32(26(31)29)17-23(33)18-11-13-20(27)14-12-18/h2-5,7-14,29H,6,15-17H2,1H3. The predicted octanol–water partition coefficient (Wildman–Crippen LogP) is 5.38. The van der Waals surface area contributed by atoms with Crippen LogP contribution in [0.2, 0.25) is 5.02 Å². The number of hydrogen-bond donors (Lipinski definition) is 1. The number of benzene rings is 3. The molecular formula is C26H24BrClN4O2. The largest absolute Gasteiger partial charge is 0.342 e. The van der Waals surface area contributed by atoms with E-state index in [0.717, 1.165) is 15.5 Å². The van der Waals surface area contributed by atoms with Crippen LogP contribution in [-0.2, 0) is 13.1 Å². The molecule has 0 aliphatic carbocycles. The number of nitrogens with one attached hydrogen (secondary N) is 1. The number of para-hydroxylation sites is 1. The first-order valence-electron chi connectivity index (χ1n) is 10.9. The number of carbonyl (C=O) groups excluding carboxylic acids is 2. The molecule has 0 aliphatic heterocycles. The summed E-state index contributed by atoms with van der Waals surface area (Å²) in [7, 11) is 1.77. The first kappa shape index (κ1) is 24.0. The van der Waals surface area contributed by atoms with Crippen LogP contribution in [0.3, 0.4) is 0 Å². The molecule has 6 nitrogen and oxygen atoms in total. The summed E-state index contributed by atoms with van der Waals surface area (Å²) in [6.45, 7) is 1.05. The second kappa shape index (κ2) is 10.4. The lowest BCUT2D eigenvalue weighted by Gasteiger charge is -2.17. The van der Waals surface area contributed by atoms with Crippen molar-refractivity contribution < 1.29 is 9.59 Å². The van der Waals surface area contributed by atoms with Crippen LogP contribution < -0.4 is 5.62 Å². The topological polar surface area (TPSA) is 71.1 Å². The second-order valence-corrected chi connectivity index (χ2v) is 9.37. The number of aromatic nitrogens is 2. The Hall–Kier alpha value is -3.16. The first-order valence-corrected chi connectivity index (χ1v) is 12.1. The third kappa shape index (κ3) is 5.00. The van der Waals surface area contributed by atoms with Gasteiger partial charge in [0.1, 0.15) is 0 Å². The minimum Gasteiger partial charge on any atom is -0.342 e. The number of hydrogen-bond acceptors (Lipinski definition) is 3. The summed E-state index contributed by atoms with van der Waals surface area (Å²) in [5.41, 5.74) is 2.88. The normalized spacial score (nSPS) is 11.0. The Labute approximate surface area is 211 Å². The summed E-state index contributed by atoms with van der Waals surface area (Å²) in [6, 6.07) is 21.8. The zero-order valence-corrected chi connectivity index (χ0v) is 21.0. The fourth-order valence-electron chi connectivity index (χ4n) is 3.97. The number of nitrogens with zero attached hydrogens (tertiary/aromatic N) is 3. The number of aryl methyl sites for hydroxylation is 1. The highest BCUT2D eigenvalue weighted by Crippen LogP contribution is 2.23. The second-order valence-electron chi connectivity index (χ2n) is 8.05. The fourth-order valence-corrected chi connectivity index (χ4v) is 4.51. The van der Waals surface area contributed by atoms with Crippen molar-refractivity contribution in [2.45, 2.75) is 19.5 Å². The van der Waals surface area contributed by atoms with Crippen LogP contribution >= 0.6 is 27.5 Å². The number of fused-ring (bicyclic) bond motifs is 1. The Morgan fingerprint density at radius 2 is 1.65 bits per heavy atom. The van der Waals surface area contributed by atoms with E-state index in [0.29, 0.717) is 35.7 Å².